The van der Waals surface area contributed by atoms with Crippen LogP contribution in [-0.2, 0) is 11.3 Å². The van der Waals surface area contributed by atoms with Gasteiger partial charge in [0.1, 0.15) is 5.82 Å². The van der Waals surface area contributed by atoms with Gasteiger partial charge in [-0.2, -0.15) is 0 Å². The number of para-hydroxylation sites is 1. The Morgan fingerprint density at radius 3 is 2.14 bits per heavy atom. The molecule has 7 heteroatoms. The van der Waals surface area contributed by atoms with Gasteiger partial charge in [-0.3, -0.25) is 4.79 Å². The number of carbonyl (C=O) groups excluding carboxylic acids is 2. The Hall–Kier alpha value is -3.87. The van der Waals surface area contributed by atoms with Crippen LogP contribution in [0.2, 0.25) is 0 Å². The molecule has 0 aromatic heterocycles. The van der Waals surface area contributed by atoms with E-state index in [0.717, 1.165) is 11.1 Å². The highest BCUT2D eigenvalue weighted by molar-refractivity contribution is 5.81. The maximum atomic E-state index is 14.2. The predicted octanol–water partition coefficient (Wildman–Crippen LogP) is 4.49. The largest absolute Gasteiger partial charge is 0.366 e. The molecule has 6 nitrogen and oxygen atoms in total. The Bertz CT molecular complexity index is 1200. The van der Waals surface area contributed by atoms with Gasteiger partial charge in [0.15, 0.2) is 0 Å². The molecule has 5 rings (SSSR count). The second-order valence-electron chi connectivity index (χ2n) is 9.85. The summed E-state index contributed by atoms with van der Waals surface area (Å²) in [6.07, 6.45) is 0.707. The fraction of sp³-hybridized carbons (Fsp3) is 0.333. The molecular weight excluding hydrogens is 467 g/mol. The van der Waals surface area contributed by atoms with E-state index < -0.39 is 0 Å². The maximum Gasteiger partial charge on any atom is 0.317 e. The van der Waals surface area contributed by atoms with Gasteiger partial charge in [-0.05, 0) is 29.7 Å². The molecule has 1 N–H and O–H groups in total. The molecule has 2 saturated heterocycles. The molecule has 0 bridgehead atoms. The van der Waals surface area contributed by atoms with Crippen LogP contribution in [0.15, 0.2) is 84.9 Å². The minimum absolute atomic E-state index is 0.0784. The molecule has 2 fully saturated rings. The number of nitrogens with one attached hydrogen (secondary N) is 1. The summed E-state index contributed by atoms with van der Waals surface area (Å²) in [5.74, 6) is -0.348. The number of likely N-dealkylation sites (tertiary alicyclic amines) is 1. The summed E-state index contributed by atoms with van der Waals surface area (Å²) in [7, 11) is 0. The average molecular weight is 501 g/mol. The topological polar surface area (TPSA) is 55.9 Å². The quantitative estimate of drug-likeness (QED) is 0.562. The number of carbonyl (C=O) groups is 2. The van der Waals surface area contributed by atoms with E-state index in [4.69, 9.17) is 0 Å². The molecule has 37 heavy (non-hydrogen) atoms. The number of hydrogen-bond acceptors (Lipinski definition) is 3. The normalized spacial score (nSPS) is 20.0. The van der Waals surface area contributed by atoms with Crippen molar-refractivity contribution in [1.29, 1.82) is 0 Å². The van der Waals surface area contributed by atoms with Crippen molar-refractivity contribution in [2.45, 2.75) is 18.9 Å². The maximum absolute atomic E-state index is 14.2. The Labute approximate surface area is 217 Å². The van der Waals surface area contributed by atoms with Crippen molar-refractivity contribution in [3.05, 3.63) is 102 Å². The first-order valence-corrected chi connectivity index (χ1v) is 13.0. The average Bonchev–Trinajstić information content (AvgIpc) is 2.96. The van der Waals surface area contributed by atoms with E-state index >= 15 is 0 Å². The van der Waals surface area contributed by atoms with Crippen molar-refractivity contribution in [3.63, 3.8) is 0 Å². The van der Waals surface area contributed by atoms with Gasteiger partial charge < -0.3 is 20.0 Å². The lowest BCUT2D eigenvalue weighted by atomic mass is 9.84. The molecule has 2 aliphatic heterocycles. The Morgan fingerprint density at radius 2 is 1.43 bits per heavy atom. The number of benzene rings is 3. The van der Waals surface area contributed by atoms with Crippen molar-refractivity contribution >= 4 is 17.6 Å². The molecule has 0 radical (unpaired) electrons. The lowest BCUT2D eigenvalue weighted by Crippen LogP contribution is -2.55. The van der Waals surface area contributed by atoms with E-state index in [1.54, 1.807) is 17.0 Å². The summed E-state index contributed by atoms with van der Waals surface area (Å²) >= 11 is 0. The van der Waals surface area contributed by atoms with Crippen LogP contribution in [0.1, 0.15) is 23.5 Å². The summed E-state index contributed by atoms with van der Waals surface area (Å²) in [6.45, 7) is 3.68. The number of anilines is 1. The first-order chi connectivity index (χ1) is 18.1. The monoisotopic (exact) mass is 500 g/mol. The summed E-state index contributed by atoms with van der Waals surface area (Å²) in [5.41, 5.74) is 2.76. The standard InChI is InChI=1S/C30H33FN4O2/c31-27-13-7-8-14-28(27)33-15-17-34(18-16-33)29(36)26-19-25(24-11-5-2-6-12-24)21-35(22-26)30(37)32-20-23-9-3-1-4-10-23/h1-14,25-26H,15-22H2,(H,32,37)/t25-,26-/m0/s1. The minimum atomic E-state index is -0.276. The third kappa shape index (κ3) is 5.93. The first-order valence-electron chi connectivity index (χ1n) is 13.0. The zero-order valence-electron chi connectivity index (χ0n) is 20.9. The highest BCUT2D eigenvalue weighted by Gasteiger charge is 2.37. The number of nitrogens with zero attached hydrogens (tertiary/aromatic N) is 3. The Morgan fingerprint density at radius 1 is 0.784 bits per heavy atom. The molecule has 0 saturated carbocycles. The molecule has 0 aliphatic carbocycles. The fourth-order valence-corrected chi connectivity index (χ4v) is 5.43. The zero-order valence-corrected chi connectivity index (χ0v) is 20.9. The number of urea groups is 1. The van der Waals surface area contributed by atoms with E-state index in [0.29, 0.717) is 57.9 Å². The first kappa shape index (κ1) is 24.8. The second-order valence-corrected chi connectivity index (χ2v) is 9.85. The second kappa shape index (κ2) is 11.5. The zero-order chi connectivity index (χ0) is 25.6. The predicted molar refractivity (Wildman–Crippen MR) is 143 cm³/mol. The lowest BCUT2D eigenvalue weighted by molar-refractivity contribution is -0.137. The highest BCUT2D eigenvalue weighted by Crippen LogP contribution is 2.32. The summed E-state index contributed by atoms with van der Waals surface area (Å²) < 4.78 is 14.2. The van der Waals surface area contributed by atoms with E-state index in [-0.39, 0.29) is 29.6 Å². The molecule has 2 aliphatic rings. The van der Waals surface area contributed by atoms with Gasteiger partial charge in [-0.1, -0.05) is 72.8 Å². The van der Waals surface area contributed by atoms with Crippen LogP contribution < -0.4 is 10.2 Å². The smallest absolute Gasteiger partial charge is 0.317 e. The molecule has 3 aromatic rings. The third-order valence-electron chi connectivity index (χ3n) is 7.43. The van der Waals surface area contributed by atoms with E-state index in [1.807, 2.05) is 64.4 Å². The Kier molecular flexibility index (Phi) is 7.68. The van der Waals surface area contributed by atoms with Crippen LogP contribution in [0.5, 0.6) is 0 Å². The summed E-state index contributed by atoms with van der Waals surface area (Å²) in [6, 6.07) is 26.6. The van der Waals surface area contributed by atoms with Crippen LogP contribution in [0.25, 0.3) is 0 Å². The number of halogens is 1. The molecule has 0 spiro atoms. The molecule has 192 valence electrons. The van der Waals surface area contributed by atoms with Gasteiger partial charge in [0, 0.05) is 51.7 Å². The number of rotatable bonds is 5. The molecule has 2 heterocycles. The number of hydrogen-bond donors (Lipinski definition) is 1. The van der Waals surface area contributed by atoms with Crippen LogP contribution in [-0.4, -0.2) is 61.0 Å². The van der Waals surface area contributed by atoms with Crippen molar-refractivity contribution in [2.24, 2.45) is 5.92 Å². The van der Waals surface area contributed by atoms with Gasteiger partial charge in [-0.25, -0.2) is 9.18 Å². The van der Waals surface area contributed by atoms with Crippen LogP contribution >= 0.6 is 0 Å². The van der Waals surface area contributed by atoms with Gasteiger partial charge in [0.2, 0.25) is 5.91 Å². The van der Waals surface area contributed by atoms with Crippen molar-refractivity contribution < 1.29 is 14.0 Å². The SMILES string of the molecule is O=C(NCc1ccccc1)N1C[C@@H](C(=O)N2CCN(c3ccccc3F)CC2)C[C@H](c2ccccc2)C1. The molecular formula is C30H33FN4O2. The van der Waals surface area contributed by atoms with Crippen molar-refractivity contribution in [2.75, 3.05) is 44.2 Å². The van der Waals surface area contributed by atoms with E-state index in [2.05, 4.69) is 17.4 Å². The third-order valence-corrected chi connectivity index (χ3v) is 7.43. The molecule has 3 aromatic carbocycles. The number of piperazine rings is 1. The lowest BCUT2D eigenvalue weighted by Gasteiger charge is -2.41. The number of amides is 3. The molecule has 3 amide bonds. The van der Waals surface area contributed by atoms with Gasteiger partial charge in [-0.15, -0.1) is 0 Å². The van der Waals surface area contributed by atoms with Crippen LogP contribution in [0.4, 0.5) is 14.9 Å². The minimum Gasteiger partial charge on any atom is -0.366 e. The fourth-order valence-electron chi connectivity index (χ4n) is 5.43. The van der Waals surface area contributed by atoms with E-state index in [1.165, 1.54) is 6.07 Å². The van der Waals surface area contributed by atoms with Crippen molar-refractivity contribution in [1.82, 2.24) is 15.1 Å². The van der Waals surface area contributed by atoms with Gasteiger partial charge in [0.05, 0.1) is 11.6 Å². The van der Waals surface area contributed by atoms with Gasteiger partial charge in [0.25, 0.3) is 0 Å². The summed E-state index contributed by atoms with van der Waals surface area (Å²) in [4.78, 5) is 32.5. The Balaban J connectivity index is 1.26. The molecule has 2 atom stereocenters. The van der Waals surface area contributed by atoms with Gasteiger partial charge >= 0.3 is 6.03 Å². The molecule has 0 unspecified atom stereocenters. The number of piperidine rings is 1. The van der Waals surface area contributed by atoms with Crippen LogP contribution in [0, 0.1) is 11.7 Å². The highest BCUT2D eigenvalue weighted by atomic mass is 19.1. The van der Waals surface area contributed by atoms with Crippen LogP contribution in [0.3, 0.4) is 0 Å². The van der Waals surface area contributed by atoms with E-state index in [9.17, 15) is 14.0 Å². The summed E-state index contributed by atoms with van der Waals surface area (Å²) in [5, 5.41) is 3.03. The van der Waals surface area contributed by atoms with Crippen molar-refractivity contribution in [3.8, 4) is 0 Å².